The smallest absolute Gasteiger partial charge is 0.238 e. The normalized spacial score (nSPS) is 17.1. The monoisotopic (exact) mass is 419 g/mol. The summed E-state index contributed by atoms with van der Waals surface area (Å²) >= 11 is 0. The van der Waals surface area contributed by atoms with Crippen LogP contribution in [0.1, 0.15) is 25.3 Å². The van der Waals surface area contributed by atoms with Crippen molar-refractivity contribution in [1.29, 1.82) is 0 Å². The second-order valence-electron chi connectivity index (χ2n) is 6.76. The SMILES string of the molecule is CCOc1ccc(Oc2cc(CNC(=O)C3CCCN3S(C)(=O)=O)ccn2)cc1. The maximum Gasteiger partial charge on any atom is 0.238 e. The molecule has 156 valence electrons. The lowest BCUT2D eigenvalue weighted by atomic mass is 10.2. The lowest BCUT2D eigenvalue weighted by Crippen LogP contribution is -2.45. The molecule has 1 aromatic carbocycles. The number of carbonyl (C=O) groups excluding carboxylic acids is 1. The van der Waals surface area contributed by atoms with Crippen LogP contribution in [0.5, 0.6) is 17.4 Å². The maximum absolute atomic E-state index is 12.5. The van der Waals surface area contributed by atoms with Gasteiger partial charge in [-0.25, -0.2) is 13.4 Å². The molecule has 1 aliphatic rings. The van der Waals surface area contributed by atoms with Crippen molar-refractivity contribution in [3.8, 4) is 17.4 Å². The van der Waals surface area contributed by atoms with Gasteiger partial charge in [-0.3, -0.25) is 4.79 Å². The van der Waals surface area contributed by atoms with Crippen molar-refractivity contribution in [2.45, 2.75) is 32.4 Å². The zero-order chi connectivity index (χ0) is 20.9. The summed E-state index contributed by atoms with van der Waals surface area (Å²) in [7, 11) is -3.39. The summed E-state index contributed by atoms with van der Waals surface area (Å²) in [5, 5.41) is 2.81. The minimum absolute atomic E-state index is 0.259. The van der Waals surface area contributed by atoms with Gasteiger partial charge in [0.05, 0.1) is 12.9 Å². The fourth-order valence-corrected chi connectivity index (χ4v) is 4.34. The lowest BCUT2D eigenvalue weighted by molar-refractivity contribution is -0.124. The fraction of sp³-hybridized carbons (Fsp3) is 0.400. The molecule has 2 aromatic rings. The zero-order valence-electron chi connectivity index (χ0n) is 16.5. The molecule has 1 amide bonds. The summed E-state index contributed by atoms with van der Waals surface area (Å²) < 4.78 is 36.0. The number of pyridine rings is 1. The summed E-state index contributed by atoms with van der Waals surface area (Å²) in [6.45, 7) is 3.16. The third-order valence-electron chi connectivity index (χ3n) is 4.56. The van der Waals surface area contributed by atoms with Crippen LogP contribution in [-0.2, 0) is 21.4 Å². The van der Waals surface area contributed by atoms with Gasteiger partial charge in [0.1, 0.15) is 17.5 Å². The number of nitrogens with one attached hydrogen (secondary N) is 1. The number of sulfonamides is 1. The van der Waals surface area contributed by atoms with Gasteiger partial charge in [0.2, 0.25) is 21.8 Å². The number of rotatable bonds is 8. The van der Waals surface area contributed by atoms with E-state index in [2.05, 4.69) is 10.3 Å². The highest BCUT2D eigenvalue weighted by Gasteiger charge is 2.36. The van der Waals surface area contributed by atoms with Crippen LogP contribution in [0.15, 0.2) is 42.6 Å². The first-order chi connectivity index (χ1) is 13.9. The second-order valence-corrected chi connectivity index (χ2v) is 8.69. The van der Waals surface area contributed by atoms with Crippen molar-refractivity contribution in [2.24, 2.45) is 0 Å². The molecular weight excluding hydrogens is 394 g/mol. The highest BCUT2D eigenvalue weighted by atomic mass is 32.2. The van der Waals surface area contributed by atoms with Crippen molar-refractivity contribution in [1.82, 2.24) is 14.6 Å². The van der Waals surface area contributed by atoms with Crippen molar-refractivity contribution in [3.05, 3.63) is 48.2 Å². The van der Waals surface area contributed by atoms with E-state index in [9.17, 15) is 13.2 Å². The Kier molecular flexibility index (Phi) is 6.71. The largest absolute Gasteiger partial charge is 0.494 e. The molecule has 1 aromatic heterocycles. The quantitative estimate of drug-likeness (QED) is 0.705. The first kappa shape index (κ1) is 21.1. The van der Waals surface area contributed by atoms with E-state index in [-0.39, 0.29) is 12.5 Å². The minimum Gasteiger partial charge on any atom is -0.494 e. The maximum atomic E-state index is 12.5. The third-order valence-corrected chi connectivity index (χ3v) is 5.84. The molecule has 1 unspecified atom stereocenters. The molecule has 1 saturated heterocycles. The van der Waals surface area contributed by atoms with Crippen LogP contribution in [0.2, 0.25) is 0 Å². The van der Waals surface area contributed by atoms with E-state index in [1.807, 2.05) is 19.1 Å². The Labute approximate surface area is 170 Å². The van der Waals surface area contributed by atoms with Gasteiger partial charge in [-0.2, -0.15) is 4.31 Å². The summed E-state index contributed by atoms with van der Waals surface area (Å²) in [6.07, 6.45) is 3.94. The number of benzene rings is 1. The van der Waals surface area contributed by atoms with Gasteiger partial charge in [0.15, 0.2) is 0 Å². The van der Waals surface area contributed by atoms with Gasteiger partial charge in [-0.15, -0.1) is 0 Å². The van der Waals surface area contributed by atoms with E-state index >= 15 is 0 Å². The second kappa shape index (κ2) is 9.23. The number of hydrogen-bond acceptors (Lipinski definition) is 6. The van der Waals surface area contributed by atoms with Crippen molar-refractivity contribution in [2.75, 3.05) is 19.4 Å². The highest BCUT2D eigenvalue weighted by molar-refractivity contribution is 7.88. The van der Waals surface area contributed by atoms with E-state index in [1.54, 1.807) is 30.5 Å². The molecule has 1 fully saturated rings. The van der Waals surface area contributed by atoms with E-state index in [1.165, 1.54) is 4.31 Å². The van der Waals surface area contributed by atoms with Gasteiger partial charge < -0.3 is 14.8 Å². The van der Waals surface area contributed by atoms with Crippen LogP contribution in [0.4, 0.5) is 0 Å². The topological polar surface area (TPSA) is 97.8 Å². The number of carbonyl (C=O) groups is 1. The molecule has 1 aliphatic heterocycles. The molecular formula is C20H25N3O5S. The van der Waals surface area contributed by atoms with Crippen LogP contribution in [0.25, 0.3) is 0 Å². The number of aromatic nitrogens is 1. The Morgan fingerprint density at radius 3 is 2.66 bits per heavy atom. The van der Waals surface area contributed by atoms with Gasteiger partial charge in [0, 0.05) is 25.4 Å². The number of amides is 1. The van der Waals surface area contributed by atoms with Gasteiger partial charge in [0.25, 0.3) is 0 Å². The average molecular weight is 420 g/mol. The van der Waals surface area contributed by atoms with E-state index in [4.69, 9.17) is 9.47 Å². The Balaban J connectivity index is 1.59. The Bertz CT molecular complexity index is 947. The Hall–Kier alpha value is -2.65. The van der Waals surface area contributed by atoms with Gasteiger partial charge in [-0.05, 0) is 55.7 Å². The van der Waals surface area contributed by atoms with Crippen LogP contribution < -0.4 is 14.8 Å². The Morgan fingerprint density at radius 2 is 1.97 bits per heavy atom. The molecule has 0 bridgehead atoms. The number of hydrogen-bond donors (Lipinski definition) is 1. The minimum atomic E-state index is -3.39. The van der Waals surface area contributed by atoms with Crippen LogP contribution in [0, 0.1) is 0 Å². The molecule has 8 nitrogen and oxygen atoms in total. The molecule has 3 rings (SSSR count). The van der Waals surface area contributed by atoms with Gasteiger partial charge in [-0.1, -0.05) is 0 Å². The fourth-order valence-electron chi connectivity index (χ4n) is 3.21. The predicted octanol–water partition coefficient (Wildman–Crippen LogP) is 2.31. The molecule has 2 heterocycles. The van der Waals surface area contributed by atoms with Gasteiger partial charge >= 0.3 is 0 Å². The predicted molar refractivity (Wildman–Crippen MR) is 108 cm³/mol. The molecule has 9 heteroatoms. The van der Waals surface area contributed by atoms with Crippen molar-refractivity contribution < 1.29 is 22.7 Å². The first-order valence-corrected chi connectivity index (χ1v) is 11.3. The lowest BCUT2D eigenvalue weighted by Gasteiger charge is -2.21. The van der Waals surface area contributed by atoms with Crippen LogP contribution >= 0.6 is 0 Å². The molecule has 29 heavy (non-hydrogen) atoms. The molecule has 0 saturated carbocycles. The van der Waals surface area contributed by atoms with E-state index in [0.29, 0.717) is 37.6 Å². The molecule has 0 aliphatic carbocycles. The number of ether oxygens (including phenoxy) is 2. The van der Waals surface area contributed by atoms with Crippen LogP contribution in [0.3, 0.4) is 0 Å². The summed E-state index contributed by atoms with van der Waals surface area (Å²) in [5.74, 6) is 1.49. The summed E-state index contributed by atoms with van der Waals surface area (Å²) in [4.78, 5) is 16.6. The highest BCUT2D eigenvalue weighted by Crippen LogP contribution is 2.23. The van der Waals surface area contributed by atoms with E-state index < -0.39 is 16.1 Å². The third kappa shape index (κ3) is 5.68. The summed E-state index contributed by atoms with van der Waals surface area (Å²) in [6, 6.07) is 10.1. The molecule has 0 radical (unpaired) electrons. The zero-order valence-corrected chi connectivity index (χ0v) is 17.3. The number of nitrogens with zero attached hydrogens (tertiary/aromatic N) is 2. The van der Waals surface area contributed by atoms with Crippen molar-refractivity contribution in [3.63, 3.8) is 0 Å². The molecule has 1 atom stereocenters. The van der Waals surface area contributed by atoms with Crippen molar-refractivity contribution >= 4 is 15.9 Å². The molecule has 0 spiro atoms. The average Bonchev–Trinajstić information content (AvgIpc) is 3.19. The first-order valence-electron chi connectivity index (χ1n) is 9.47. The Morgan fingerprint density at radius 1 is 1.24 bits per heavy atom. The van der Waals surface area contributed by atoms with Crippen LogP contribution in [-0.4, -0.2) is 49.1 Å². The van der Waals surface area contributed by atoms with E-state index in [0.717, 1.165) is 17.6 Å². The molecule has 1 N–H and O–H groups in total. The standard InChI is InChI=1S/C20H25N3O5S/c1-3-27-16-6-8-17(9-7-16)28-19-13-15(10-11-21-19)14-22-20(24)18-5-4-12-23(18)29(2,25)26/h6-11,13,18H,3-5,12,14H2,1-2H3,(H,22,24). The summed E-state index contributed by atoms with van der Waals surface area (Å²) in [5.41, 5.74) is 0.804.